The first-order valence-corrected chi connectivity index (χ1v) is 4.11. The van der Waals surface area contributed by atoms with E-state index in [9.17, 15) is 18.0 Å². The zero-order valence-corrected chi connectivity index (χ0v) is 7.89. The number of alkyl halides is 3. The van der Waals surface area contributed by atoms with E-state index in [4.69, 9.17) is 0 Å². The molecule has 0 bridgehead atoms. The number of aromatic nitrogens is 2. The molecule has 84 valence electrons. The summed E-state index contributed by atoms with van der Waals surface area (Å²) in [4.78, 5) is 10.7. The predicted octanol–water partition coefficient (Wildman–Crippen LogP) is 1.53. The van der Waals surface area contributed by atoms with Gasteiger partial charge in [0.1, 0.15) is 5.69 Å². The number of carbonyl (C=O) groups excluding carboxylic acids is 1. The molecule has 7 heteroatoms. The maximum Gasteiger partial charge on any atom is 0.433 e. The van der Waals surface area contributed by atoms with Crippen LogP contribution in [-0.4, -0.2) is 23.3 Å². The molecule has 0 aliphatic rings. The number of ether oxygens (including phenoxy) is 1. The van der Waals surface area contributed by atoms with Crippen molar-refractivity contribution in [2.24, 2.45) is 0 Å². The molecule has 0 radical (unpaired) electrons. The number of hydrogen-bond acceptors (Lipinski definition) is 3. The van der Waals surface area contributed by atoms with E-state index in [1.807, 2.05) is 5.10 Å². The molecular formula is C8H9F3N2O2. The summed E-state index contributed by atoms with van der Waals surface area (Å²) in [7, 11) is 1.18. The summed E-state index contributed by atoms with van der Waals surface area (Å²) in [5.41, 5.74) is -0.945. The Morgan fingerprint density at radius 3 is 2.80 bits per heavy atom. The minimum Gasteiger partial charge on any atom is -0.469 e. The Morgan fingerprint density at radius 1 is 1.60 bits per heavy atom. The Kier molecular flexibility index (Phi) is 3.33. The normalized spacial score (nSPS) is 11.5. The number of carbonyl (C=O) groups is 1. The van der Waals surface area contributed by atoms with Gasteiger partial charge in [-0.1, -0.05) is 0 Å². The van der Waals surface area contributed by atoms with Crippen LogP contribution in [0.25, 0.3) is 0 Å². The molecule has 0 aromatic carbocycles. The number of rotatable bonds is 3. The van der Waals surface area contributed by atoms with E-state index in [1.54, 1.807) is 0 Å². The summed E-state index contributed by atoms with van der Waals surface area (Å²) in [5, 5.41) is 5.16. The number of nitrogens with one attached hydrogen (secondary N) is 1. The van der Waals surface area contributed by atoms with Gasteiger partial charge in [-0.2, -0.15) is 18.3 Å². The average molecular weight is 222 g/mol. The van der Waals surface area contributed by atoms with Crippen LogP contribution in [0.1, 0.15) is 17.7 Å². The fraction of sp³-hybridized carbons (Fsp3) is 0.500. The van der Waals surface area contributed by atoms with Gasteiger partial charge >= 0.3 is 12.1 Å². The predicted molar refractivity (Wildman–Crippen MR) is 43.9 cm³/mol. The third-order valence-corrected chi connectivity index (χ3v) is 1.83. The van der Waals surface area contributed by atoms with E-state index in [0.29, 0.717) is 0 Å². The fourth-order valence-corrected chi connectivity index (χ4v) is 1.08. The first kappa shape index (κ1) is 11.5. The zero-order valence-electron chi connectivity index (χ0n) is 7.89. The van der Waals surface area contributed by atoms with E-state index in [0.717, 1.165) is 6.20 Å². The van der Waals surface area contributed by atoms with Crippen LogP contribution >= 0.6 is 0 Å². The SMILES string of the molecule is COC(=O)CCc1cn[nH]c1C(F)(F)F. The molecule has 0 aliphatic carbocycles. The largest absolute Gasteiger partial charge is 0.469 e. The highest BCUT2D eigenvalue weighted by Crippen LogP contribution is 2.30. The van der Waals surface area contributed by atoms with Crippen molar-refractivity contribution in [3.8, 4) is 0 Å². The molecule has 0 amide bonds. The van der Waals surface area contributed by atoms with Crippen molar-refractivity contribution < 1.29 is 22.7 Å². The van der Waals surface area contributed by atoms with Gasteiger partial charge in [-0.3, -0.25) is 9.89 Å². The van der Waals surface area contributed by atoms with Gasteiger partial charge in [0.15, 0.2) is 0 Å². The van der Waals surface area contributed by atoms with Gasteiger partial charge in [0.25, 0.3) is 0 Å². The van der Waals surface area contributed by atoms with Crippen molar-refractivity contribution in [2.75, 3.05) is 7.11 Å². The van der Waals surface area contributed by atoms with E-state index >= 15 is 0 Å². The number of nitrogens with zero attached hydrogens (tertiary/aromatic N) is 1. The first-order chi connectivity index (χ1) is 6.95. The highest BCUT2D eigenvalue weighted by Gasteiger charge is 2.35. The Labute approximate surface area is 83.4 Å². The molecule has 1 aromatic heterocycles. The maximum absolute atomic E-state index is 12.3. The summed E-state index contributed by atoms with van der Waals surface area (Å²) in [6.45, 7) is 0. The fourth-order valence-electron chi connectivity index (χ4n) is 1.08. The van der Waals surface area contributed by atoms with Crippen LogP contribution in [0.4, 0.5) is 13.2 Å². The monoisotopic (exact) mass is 222 g/mol. The van der Waals surface area contributed by atoms with Crippen molar-refractivity contribution in [2.45, 2.75) is 19.0 Å². The number of H-pyrrole nitrogens is 1. The van der Waals surface area contributed by atoms with E-state index < -0.39 is 17.8 Å². The highest BCUT2D eigenvalue weighted by atomic mass is 19.4. The lowest BCUT2D eigenvalue weighted by Gasteiger charge is -2.05. The second-order valence-corrected chi connectivity index (χ2v) is 2.84. The Balaban J connectivity index is 2.70. The Morgan fingerprint density at radius 2 is 2.27 bits per heavy atom. The number of esters is 1. The third kappa shape index (κ3) is 2.97. The van der Waals surface area contributed by atoms with Crippen molar-refractivity contribution in [1.82, 2.24) is 10.2 Å². The number of hydrogen-bond donors (Lipinski definition) is 1. The van der Waals surface area contributed by atoms with Crippen LogP contribution in [0.5, 0.6) is 0 Å². The van der Waals surface area contributed by atoms with Crippen molar-refractivity contribution in [3.05, 3.63) is 17.5 Å². The van der Waals surface area contributed by atoms with Crippen LogP contribution in [0, 0.1) is 0 Å². The van der Waals surface area contributed by atoms with Crippen LogP contribution in [0.2, 0.25) is 0 Å². The number of methoxy groups -OCH3 is 1. The van der Waals surface area contributed by atoms with Crippen molar-refractivity contribution >= 4 is 5.97 Å². The molecule has 1 rings (SSSR count). The summed E-state index contributed by atoms with van der Waals surface area (Å²) in [5.74, 6) is -0.552. The van der Waals surface area contributed by atoms with Gasteiger partial charge in [-0.05, 0) is 6.42 Å². The molecule has 1 aromatic rings. The molecule has 0 saturated carbocycles. The lowest BCUT2D eigenvalue weighted by molar-refractivity contribution is -0.143. The molecule has 0 unspecified atom stereocenters. The minimum absolute atomic E-state index is 0.0344. The summed E-state index contributed by atoms with van der Waals surface area (Å²) >= 11 is 0. The molecule has 0 saturated heterocycles. The van der Waals surface area contributed by atoms with Gasteiger partial charge in [0, 0.05) is 12.0 Å². The van der Waals surface area contributed by atoms with Gasteiger partial charge in [-0.25, -0.2) is 0 Å². The second-order valence-electron chi connectivity index (χ2n) is 2.84. The number of halogens is 3. The standard InChI is InChI=1S/C8H9F3N2O2/c1-15-6(14)3-2-5-4-12-13-7(5)8(9,10)11/h4H,2-3H2,1H3,(H,12,13). The molecule has 0 atom stereocenters. The summed E-state index contributed by atoms with van der Waals surface area (Å²) in [6, 6.07) is 0. The van der Waals surface area contributed by atoms with Gasteiger partial charge in [0.05, 0.1) is 13.3 Å². The van der Waals surface area contributed by atoms with E-state index in [1.165, 1.54) is 7.11 Å². The van der Waals surface area contributed by atoms with Crippen LogP contribution < -0.4 is 0 Å². The highest BCUT2D eigenvalue weighted by molar-refractivity contribution is 5.69. The molecule has 1 heterocycles. The quantitative estimate of drug-likeness (QED) is 0.789. The molecular weight excluding hydrogens is 213 g/mol. The molecule has 4 nitrogen and oxygen atoms in total. The number of aryl methyl sites for hydroxylation is 1. The summed E-state index contributed by atoms with van der Waals surface area (Å²) in [6.07, 6.45) is -3.55. The van der Waals surface area contributed by atoms with Crippen LogP contribution in [0.3, 0.4) is 0 Å². The lowest BCUT2D eigenvalue weighted by Crippen LogP contribution is -2.10. The second kappa shape index (κ2) is 4.33. The molecule has 15 heavy (non-hydrogen) atoms. The Hall–Kier alpha value is -1.53. The molecule has 1 N–H and O–H groups in total. The lowest BCUT2D eigenvalue weighted by atomic mass is 10.1. The van der Waals surface area contributed by atoms with Gasteiger partial charge in [-0.15, -0.1) is 0 Å². The van der Waals surface area contributed by atoms with Gasteiger partial charge < -0.3 is 4.74 Å². The zero-order chi connectivity index (χ0) is 11.5. The first-order valence-electron chi connectivity index (χ1n) is 4.11. The average Bonchev–Trinajstić information content (AvgIpc) is 2.61. The van der Waals surface area contributed by atoms with E-state index in [2.05, 4.69) is 9.84 Å². The topological polar surface area (TPSA) is 55.0 Å². The smallest absolute Gasteiger partial charge is 0.433 e. The van der Waals surface area contributed by atoms with Crippen LogP contribution in [-0.2, 0) is 22.1 Å². The van der Waals surface area contributed by atoms with E-state index in [-0.39, 0.29) is 18.4 Å². The maximum atomic E-state index is 12.3. The van der Waals surface area contributed by atoms with Crippen molar-refractivity contribution in [3.63, 3.8) is 0 Å². The minimum atomic E-state index is -4.47. The van der Waals surface area contributed by atoms with Crippen LogP contribution in [0.15, 0.2) is 6.20 Å². The summed E-state index contributed by atoms with van der Waals surface area (Å²) < 4.78 is 41.2. The molecule has 0 aliphatic heterocycles. The molecule has 0 spiro atoms. The third-order valence-electron chi connectivity index (χ3n) is 1.83. The molecule has 0 fully saturated rings. The number of aromatic amines is 1. The Bertz CT molecular complexity index is 346. The van der Waals surface area contributed by atoms with Crippen molar-refractivity contribution in [1.29, 1.82) is 0 Å². The van der Waals surface area contributed by atoms with Gasteiger partial charge in [0.2, 0.25) is 0 Å².